The molecule has 0 N–H and O–H groups in total. The van der Waals surface area contributed by atoms with Crippen molar-refractivity contribution in [3.63, 3.8) is 0 Å². The lowest BCUT2D eigenvalue weighted by molar-refractivity contribution is -0.158. The van der Waals surface area contributed by atoms with E-state index in [0.29, 0.717) is 17.3 Å². The normalized spacial score (nSPS) is 15.2. The van der Waals surface area contributed by atoms with Gasteiger partial charge in [0, 0.05) is 22.5 Å². The first kappa shape index (κ1) is 20.7. The fraction of sp³-hybridized carbons (Fsp3) is 0.818. The Morgan fingerprint density at radius 1 is 0.950 bits per heavy atom. The lowest BCUT2D eigenvalue weighted by Crippen LogP contribution is -2.39. The first-order valence-corrected chi connectivity index (χ1v) is 8.93. The minimum Gasteiger partial charge on any atom is -0.462 e. The quantitative estimate of drug-likeness (QED) is 0.297. The zero-order valence-corrected chi connectivity index (χ0v) is 15.3. The Bertz CT molecular complexity index is 303. The maximum Gasteiger partial charge on any atom is 0.307 e. The fourth-order valence-electron chi connectivity index (χ4n) is 1.22. The molecule has 0 aliphatic heterocycles. The molecule has 0 saturated heterocycles. The van der Waals surface area contributed by atoms with Crippen LogP contribution in [0, 0.1) is 0 Å². The summed E-state index contributed by atoms with van der Waals surface area (Å²) in [6, 6.07) is 0. The van der Waals surface area contributed by atoms with Gasteiger partial charge >= 0.3 is 11.9 Å². The van der Waals surface area contributed by atoms with Gasteiger partial charge in [-0.05, 0) is 0 Å². The molecule has 4 nitrogen and oxygen atoms in total. The van der Waals surface area contributed by atoms with E-state index in [1.165, 1.54) is 0 Å². The number of esters is 2. The molecule has 0 aromatic carbocycles. The molecule has 0 radical (unpaired) electrons. The summed E-state index contributed by atoms with van der Waals surface area (Å²) in [6.07, 6.45) is -0.277. The van der Waals surface area contributed by atoms with Crippen molar-refractivity contribution in [3.05, 3.63) is 0 Å². The van der Waals surface area contributed by atoms with Crippen LogP contribution in [0.5, 0.6) is 0 Å². The van der Waals surface area contributed by atoms with Crippen LogP contribution in [0.15, 0.2) is 0 Å². The number of carbonyl (C=O) groups is 2. The first-order chi connectivity index (χ1) is 9.46. The van der Waals surface area contributed by atoms with Crippen LogP contribution >= 0.6 is 63.1 Å². The van der Waals surface area contributed by atoms with Gasteiger partial charge in [-0.2, -0.15) is 63.1 Å². The summed E-state index contributed by atoms with van der Waals surface area (Å²) in [5.41, 5.74) is 0. The van der Waals surface area contributed by atoms with Crippen molar-refractivity contribution in [1.29, 1.82) is 0 Å². The summed E-state index contributed by atoms with van der Waals surface area (Å²) in [5.74, 6) is 0.451. The van der Waals surface area contributed by atoms with Crippen molar-refractivity contribution < 1.29 is 19.1 Å². The fourth-order valence-corrected chi connectivity index (χ4v) is 2.42. The molecule has 0 spiro atoms. The molecule has 0 aromatic heterocycles. The second-order valence-electron chi connectivity index (χ2n) is 3.90. The number of hydrogen-bond acceptors (Lipinski definition) is 9. The van der Waals surface area contributed by atoms with Gasteiger partial charge in [-0.3, -0.25) is 9.59 Å². The molecule has 3 atom stereocenters. The molecule has 3 unspecified atom stereocenters. The molecule has 0 saturated carbocycles. The maximum absolute atomic E-state index is 11.5. The number of carbonyl (C=O) groups excluding carboxylic acids is 2. The molecule has 0 fully saturated rings. The van der Waals surface area contributed by atoms with Gasteiger partial charge in [-0.15, -0.1) is 0 Å². The Kier molecular flexibility index (Phi) is 12.7. The molecule has 20 heavy (non-hydrogen) atoms. The lowest BCUT2D eigenvalue weighted by atomic mass is 10.2. The van der Waals surface area contributed by atoms with E-state index in [1.807, 2.05) is 0 Å². The highest BCUT2D eigenvalue weighted by molar-refractivity contribution is 7.87. The molecule has 9 heteroatoms. The topological polar surface area (TPSA) is 52.6 Å². The smallest absolute Gasteiger partial charge is 0.307 e. The van der Waals surface area contributed by atoms with E-state index < -0.39 is 18.0 Å². The summed E-state index contributed by atoms with van der Waals surface area (Å²) in [6.45, 7) is -0.0517. The average Bonchev–Trinajstić information content (AvgIpc) is 2.42. The van der Waals surface area contributed by atoms with Gasteiger partial charge in [0.05, 0.1) is 18.1 Å². The highest BCUT2D eigenvalue weighted by Gasteiger charge is 2.28. The lowest BCUT2D eigenvalue weighted by Gasteiger charge is -2.26. The predicted octanol–water partition coefficient (Wildman–Crippen LogP) is 1.61. The first-order valence-electron chi connectivity index (χ1n) is 6.00. The van der Waals surface area contributed by atoms with Gasteiger partial charge in [0.25, 0.3) is 0 Å². The third kappa shape index (κ3) is 8.86. The van der Waals surface area contributed by atoms with Gasteiger partial charge in [0.2, 0.25) is 0 Å². The monoisotopic (exact) mass is 376 g/mol. The predicted molar refractivity (Wildman–Crippen MR) is 97.2 cm³/mol. The Hall–Kier alpha value is 0.690. The SMILES string of the molecule is O=C(CCS)OCC(OC(=O)CCS)C(S)C(S)CS. The van der Waals surface area contributed by atoms with E-state index in [9.17, 15) is 9.59 Å². The van der Waals surface area contributed by atoms with Crippen LogP contribution in [-0.4, -0.2) is 52.4 Å². The second-order valence-corrected chi connectivity index (χ2v) is 6.42. The van der Waals surface area contributed by atoms with E-state index in [2.05, 4.69) is 63.1 Å². The molecule has 0 heterocycles. The molecular weight excluding hydrogens is 356 g/mol. The molecule has 0 aliphatic carbocycles. The van der Waals surface area contributed by atoms with Gasteiger partial charge in [-0.25, -0.2) is 0 Å². The maximum atomic E-state index is 11.5. The van der Waals surface area contributed by atoms with E-state index >= 15 is 0 Å². The van der Waals surface area contributed by atoms with Gasteiger partial charge in [0.1, 0.15) is 12.7 Å². The summed E-state index contributed by atoms with van der Waals surface area (Å²) < 4.78 is 10.3. The molecule has 0 aliphatic rings. The number of hydrogen-bond donors (Lipinski definition) is 5. The minimum atomic E-state index is -0.663. The molecule has 0 rings (SSSR count). The van der Waals surface area contributed by atoms with Crippen molar-refractivity contribution >= 4 is 75.1 Å². The van der Waals surface area contributed by atoms with Crippen LogP contribution in [0.25, 0.3) is 0 Å². The molecule has 118 valence electrons. The van der Waals surface area contributed by atoms with Gasteiger partial charge < -0.3 is 9.47 Å². The Labute approximate surface area is 147 Å². The van der Waals surface area contributed by atoms with Crippen LogP contribution in [0.4, 0.5) is 0 Å². The zero-order valence-electron chi connectivity index (χ0n) is 10.8. The minimum absolute atomic E-state index is 0.0517. The van der Waals surface area contributed by atoms with Crippen LogP contribution in [-0.2, 0) is 19.1 Å². The van der Waals surface area contributed by atoms with Crippen LogP contribution in [0.3, 0.4) is 0 Å². The standard InChI is InChI=1S/C11H20O4S5/c12-9(1-3-16)14-5-7(11(20)8(19)6-18)15-10(13)2-4-17/h7-8,11,16-20H,1-6H2. The van der Waals surface area contributed by atoms with Crippen molar-refractivity contribution in [2.24, 2.45) is 0 Å². The number of thiol groups is 5. The third-order valence-corrected chi connectivity index (χ3v) is 4.85. The Morgan fingerprint density at radius 3 is 2.00 bits per heavy atom. The highest BCUT2D eigenvalue weighted by Crippen LogP contribution is 2.18. The summed E-state index contributed by atoms with van der Waals surface area (Å²) in [4.78, 5) is 22.9. The van der Waals surface area contributed by atoms with Crippen LogP contribution in [0.2, 0.25) is 0 Å². The molecule has 0 aromatic rings. The molecule has 0 bridgehead atoms. The summed E-state index contributed by atoms with van der Waals surface area (Å²) in [5, 5.41) is -0.581. The summed E-state index contributed by atoms with van der Waals surface area (Å²) in [7, 11) is 0. The van der Waals surface area contributed by atoms with Gasteiger partial charge in [-0.1, -0.05) is 0 Å². The van der Waals surface area contributed by atoms with E-state index in [4.69, 9.17) is 9.47 Å². The highest BCUT2D eigenvalue weighted by atomic mass is 32.1. The van der Waals surface area contributed by atoms with Crippen molar-refractivity contribution in [1.82, 2.24) is 0 Å². The van der Waals surface area contributed by atoms with Crippen molar-refractivity contribution in [2.45, 2.75) is 29.4 Å². The Morgan fingerprint density at radius 2 is 1.50 bits per heavy atom. The van der Waals surface area contributed by atoms with E-state index in [1.54, 1.807) is 0 Å². The second kappa shape index (κ2) is 12.3. The Balaban J connectivity index is 4.53. The van der Waals surface area contributed by atoms with E-state index in [0.717, 1.165) is 0 Å². The molecular formula is C11H20O4S5. The largest absolute Gasteiger partial charge is 0.462 e. The zero-order chi connectivity index (χ0) is 15.5. The van der Waals surface area contributed by atoms with E-state index in [-0.39, 0.29) is 29.9 Å². The molecule has 0 amide bonds. The van der Waals surface area contributed by atoms with Crippen LogP contribution in [0.1, 0.15) is 12.8 Å². The average molecular weight is 377 g/mol. The third-order valence-electron chi connectivity index (χ3n) is 2.29. The van der Waals surface area contributed by atoms with Crippen molar-refractivity contribution in [3.8, 4) is 0 Å². The number of ether oxygens (including phenoxy) is 2. The summed E-state index contributed by atoms with van der Waals surface area (Å²) >= 11 is 20.7. The number of rotatable bonds is 10. The van der Waals surface area contributed by atoms with Crippen molar-refractivity contribution in [2.75, 3.05) is 23.9 Å². The van der Waals surface area contributed by atoms with Gasteiger partial charge in [0.15, 0.2) is 0 Å². The van der Waals surface area contributed by atoms with Crippen LogP contribution < -0.4 is 0 Å².